The average Bonchev–Trinajstić information content (AvgIpc) is 2.82. The van der Waals surface area contributed by atoms with E-state index in [9.17, 15) is 0 Å². The Morgan fingerprint density at radius 1 is 1.56 bits per heavy atom. The molecule has 4 heteroatoms. The van der Waals surface area contributed by atoms with Crippen molar-refractivity contribution in [1.29, 1.82) is 5.41 Å². The van der Waals surface area contributed by atoms with E-state index in [1.54, 1.807) is 0 Å². The van der Waals surface area contributed by atoms with Gasteiger partial charge in [0.1, 0.15) is 5.84 Å². The quantitative estimate of drug-likeness (QED) is 0.613. The average molecular weight is 247 g/mol. The number of ether oxygens (including phenoxy) is 1. The Morgan fingerprint density at radius 2 is 2.39 bits per heavy atom. The van der Waals surface area contributed by atoms with Crippen LogP contribution in [0.5, 0.6) is 0 Å². The molecule has 0 aromatic heterocycles. The van der Waals surface area contributed by atoms with Crippen LogP contribution in [0.1, 0.15) is 24.0 Å². The summed E-state index contributed by atoms with van der Waals surface area (Å²) in [6.07, 6.45) is 2.72. The van der Waals surface area contributed by atoms with Gasteiger partial charge in [0, 0.05) is 25.3 Å². The Hall–Kier alpha value is -1.39. The molecule has 0 bridgehead atoms. The fourth-order valence-electron chi connectivity index (χ4n) is 2.35. The molecule has 98 valence electrons. The van der Waals surface area contributed by atoms with Crippen molar-refractivity contribution in [3.8, 4) is 0 Å². The van der Waals surface area contributed by atoms with Gasteiger partial charge in [-0.2, -0.15) is 0 Å². The third kappa shape index (κ3) is 3.55. The van der Waals surface area contributed by atoms with Crippen LogP contribution in [-0.2, 0) is 11.3 Å². The van der Waals surface area contributed by atoms with Crippen molar-refractivity contribution in [2.24, 2.45) is 5.73 Å². The largest absolute Gasteiger partial charge is 0.384 e. The second-order valence-corrected chi connectivity index (χ2v) is 4.95. The summed E-state index contributed by atoms with van der Waals surface area (Å²) in [5, 5.41) is 7.44. The van der Waals surface area contributed by atoms with E-state index in [1.807, 2.05) is 18.2 Å². The zero-order valence-electron chi connectivity index (χ0n) is 10.9. The van der Waals surface area contributed by atoms with Gasteiger partial charge in [-0.25, -0.2) is 0 Å². The molecule has 1 aromatic carbocycles. The molecule has 0 saturated carbocycles. The van der Waals surface area contributed by atoms with Crippen LogP contribution in [0.15, 0.2) is 24.3 Å². The topological polar surface area (TPSA) is 62.3 Å². The summed E-state index contributed by atoms with van der Waals surface area (Å²) in [5.74, 6) is 0.124. The van der Waals surface area contributed by atoms with Crippen molar-refractivity contribution in [2.45, 2.75) is 25.5 Å². The number of amidine groups is 1. The second-order valence-electron chi connectivity index (χ2n) is 4.95. The molecule has 1 heterocycles. The van der Waals surface area contributed by atoms with E-state index in [2.05, 4.69) is 18.0 Å². The highest BCUT2D eigenvalue weighted by molar-refractivity contribution is 5.95. The molecule has 1 aliphatic rings. The van der Waals surface area contributed by atoms with Crippen LogP contribution in [0.3, 0.4) is 0 Å². The lowest BCUT2D eigenvalue weighted by Gasteiger charge is -2.20. The minimum Gasteiger partial charge on any atom is -0.384 e. The van der Waals surface area contributed by atoms with Crippen LogP contribution >= 0.6 is 0 Å². The lowest BCUT2D eigenvalue weighted by atomic mass is 10.1. The van der Waals surface area contributed by atoms with Crippen molar-refractivity contribution >= 4 is 5.84 Å². The molecule has 3 N–H and O–H groups in total. The van der Waals surface area contributed by atoms with Crippen LogP contribution in [0.4, 0.5) is 0 Å². The SMILES string of the molecule is CN(Cc1cccc(C(=N)N)c1)CC1CCCO1. The van der Waals surface area contributed by atoms with Crippen molar-refractivity contribution < 1.29 is 4.74 Å². The van der Waals surface area contributed by atoms with E-state index in [1.165, 1.54) is 12.0 Å². The number of likely N-dealkylation sites (N-methyl/N-ethyl adjacent to an activating group) is 1. The van der Waals surface area contributed by atoms with E-state index >= 15 is 0 Å². The predicted octanol–water partition coefficient (Wildman–Crippen LogP) is 1.58. The van der Waals surface area contributed by atoms with Gasteiger partial charge in [0.2, 0.25) is 0 Å². The van der Waals surface area contributed by atoms with E-state index in [0.717, 1.165) is 31.7 Å². The molecule has 1 fully saturated rings. The minimum atomic E-state index is 0.124. The zero-order valence-corrected chi connectivity index (χ0v) is 10.9. The summed E-state index contributed by atoms with van der Waals surface area (Å²) in [6.45, 7) is 2.73. The van der Waals surface area contributed by atoms with E-state index in [4.69, 9.17) is 15.9 Å². The number of nitrogens with zero attached hydrogens (tertiary/aromatic N) is 1. The molecular weight excluding hydrogens is 226 g/mol. The number of nitrogens with two attached hydrogens (primary N) is 1. The molecule has 1 atom stereocenters. The highest BCUT2D eigenvalue weighted by Crippen LogP contribution is 2.14. The fourth-order valence-corrected chi connectivity index (χ4v) is 2.35. The molecule has 1 aliphatic heterocycles. The maximum absolute atomic E-state index is 7.44. The predicted molar refractivity (Wildman–Crippen MR) is 72.8 cm³/mol. The molecular formula is C14H21N3O. The number of hydrogen-bond donors (Lipinski definition) is 2. The van der Waals surface area contributed by atoms with Crippen molar-refractivity contribution in [3.63, 3.8) is 0 Å². The van der Waals surface area contributed by atoms with E-state index in [0.29, 0.717) is 6.10 Å². The number of nitrogen functional groups attached to an aromatic ring is 1. The normalized spacial score (nSPS) is 19.3. The second kappa shape index (κ2) is 5.98. The third-order valence-electron chi connectivity index (χ3n) is 3.23. The smallest absolute Gasteiger partial charge is 0.122 e. The molecule has 0 spiro atoms. The lowest BCUT2D eigenvalue weighted by Crippen LogP contribution is -2.28. The van der Waals surface area contributed by atoms with Crippen molar-refractivity contribution in [1.82, 2.24) is 4.90 Å². The first-order valence-corrected chi connectivity index (χ1v) is 6.38. The standard InChI is InChI=1S/C14H21N3O/c1-17(10-13-6-3-7-18-13)9-11-4-2-5-12(8-11)14(15)16/h2,4-5,8,13H,3,6-7,9-10H2,1H3,(H3,15,16). The van der Waals surface area contributed by atoms with Crippen LogP contribution in [0.2, 0.25) is 0 Å². The summed E-state index contributed by atoms with van der Waals surface area (Å²) in [7, 11) is 2.10. The summed E-state index contributed by atoms with van der Waals surface area (Å²) < 4.78 is 5.63. The molecule has 1 aromatic rings. The molecule has 2 rings (SSSR count). The maximum Gasteiger partial charge on any atom is 0.122 e. The van der Waals surface area contributed by atoms with Gasteiger partial charge in [-0.05, 0) is 31.5 Å². The maximum atomic E-state index is 7.44. The first kappa shape index (κ1) is 13.1. The number of rotatable bonds is 5. The molecule has 4 nitrogen and oxygen atoms in total. The van der Waals surface area contributed by atoms with Crippen LogP contribution < -0.4 is 5.73 Å². The zero-order chi connectivity index (χ0) is 13.0. The Kier molecular flexibility index (Phi) is 4.33. The Balaban J connectivity index is 1.91. The summed E-state index contributed by atoms with van der Waals surface area (Å²) in [5.41, 5.74) is 7.47. The number of nitrogens with one attached hydrogen (secondary N) is 1. The van der Waals surface area contributed by atoms with Crippen molar-refractivity contribution in [3.05, 3.63) is 35.4 Å². The molecule has 0 amide bonds. The first-order valence-electron chi connectivity index (χ1n) is 6.38. The molecule has 1 saturated heterocycles. The van der Waals surface area contributed by atoms with Crippen LogP contribution in [-0.4, -0.2) is 37.0 Å². The van der Waals surface area contributed by atoms with Gasteiger partial charge in [0.25, 0.3) is 0 Å². The molecule has 0 radical (unpaired) electrons. The van der Waals surface area contributed by atoms with E-state index < -0.39 is 0 Å². The monoisotopic (exact) mass is 247 g/mol. The molecule has 1 unspecified atom stereocenters. The Labute approximate surface area is 108 Å². The van der Waals surface area contributed by atoms with Gasteiger partial charge in [0.05, 0.1) is 6.10 Å². The van der Waals surface area contributed by atoms with Gasteiger partial charge in [-0.15, -0.1) is 0 Å². The minimum absolute atomic E-state index is 0.124. The fraction of sp³-hybridized carbons (Fsp3) is 0.500. The Morgan fingerprint density at radius 3 is 3.06 bits per heavy atom. The van der Waals surface area contributed by atoms with Crippen LogP contribution in [0, 0.1) is 5.41 Å². The summed E-state index contributed by atoms with van der Waals surface area (Å²) in [6, 6.07) is 7.87. The third-order valence-corrected chi connectivity index (χ3v) is 3.23. The highest BCUT2D eigenvalue weighted by atomic mass is 16.5. The number of hydrogen-bond acceptors (Lipinski definition) is 3. The summed E-state index contributed by atoms with van der Waals surface area (Å²) >= 11 is 0. The van der Waals surface area contributed by atoms with Gasteiger partial charge < -0.3 is 10.5 Å². The molecule has 18 heavy (non-hydrogen) atoms. The first-order chi connectivity index (χ1) is 8.65. The lowest BCUT2D eigenvalue weighted by molar-refractivity contribution is 0.0793. The van der Waals surface area contributed by atoms with Gasteiger partial charge in [0.15, 0.2) is 0 Å². The number of benzene rings is 1. The van der Waals surface area contributed by atoms with Gasteiger partial charge in [-0.1, -0.05) is 18.2 Å². The van der Waals surface area contributed by atoms with Gasteiger partial charge in [-0.3, -0.25) is 10.3 Å². The van der Waals surface area contributed by atoms with E-state index in [-0.39, 0.29) is 5.84 Å². The Bertz CT molecular complexity index is 413. The van der Waals surface area contributed by atoms with Crippen LogP contribution in [0.25, 0.3) is 0 Å². The molecule has 0 aliphatic carbocycles. The van der Waals surface area contributed by atoms with Crippen molar-refractivity contribution in [2.75, 3.05) is 20.2 Å². The summed E-state index contributed by atoms with van der Waals surface area (Å²) in [4.78, 5) is 2.26. The van der Waals surface area contributed by atoms with Gasteiger partial charge >= 0.3 is 0 Å². The highest BCUT2D eigenvalue weighted by Gasteiger charge is 2.17.